The van der Waals surface area contributed by atoms with Crippen molar-refractivity contribution in [1.29, 1.82) is 0 Å². The molecule has 20 heavy (non-hydrogen) atoms. The fraction of sp³-hybridized carbons (Fsp3) is 0.417. The standard InChI is InChI=1S/C12H12F3N3OS/c1-2-3-9-11(20-18-17-9)10(19)7-6-16-5-4-8(7)12(13,14)15/h4-6,10,19H,2-3H2,1H3. The van der Waals surface area contributed by atoms with E-state index in [1.807, 2.05) is 6.92 Å². The van der Waals surface area contributed by atoms with Gasteiger partial charge < -0.3 is 5.11 Å². The molecule has 2 heterocycles. The number of aliphatic hydroxyl groups is 1. The van der Waals surface area contributed by atoms with Gasteiger partial charge in [-0.3, -0.25) is 4.98 Å². The van der Waals surface area contributed by atoms with Crippen molar-refractivity contribution in [2.45, 2.75) is 32.0 Å². The largest absolute Gasteiger partial charge is 0.416 e. The summed E-state index contributed by atoms with van der Waals surface area (Å²) in [6, 6.07) is 0.854. The fourth-order valence-corrected chi connectivity index (χ4v) is 2.56. The Morgan fingerprint density at radius 2 is 2.15 bits per heavy atom. The van der Waals surface area contributed by atoms with E-state index in [-0.39, 0.29) is 5.56 Å². The van der Waals surface area contributed by atoms with Crippen molar-refractivity contribution in [3.63, 3.8) is 0 Å². The van der Waals surface area contributed by atoms with E-state index >= 15 is 0 Å². The van der Waals surface area contributed by atoms with Gasteiger partial charge in [0, 0.05) is 18.0 Å². The van der Waals surface area contributed by atoms with E-state index in [1.165, 1.54) is 0 Å². The average molecular weight is 303 g/mol. The van der Waals surface area contributed by atoms with Gasteiger partial charge in [-0.25, -0.2) is 0 Å². The monoisotopic (exact) mass is 303 g/mol. The van der Waals surface area contributed by atoms with Crippen LogP contribution in [0.4, 0.5) is 13.2 Å². The van der Waals surface area contributed by atoms with Crippen molar-refractivity contribution in [1.82, 2.24) is 14.6 Å². The van der Waals surface area contributed by atoms with Crippen LogP contribution in [0.25, 0.3) is 0 Å². The number of pyridine rings is 1. The Kier molecular flexibility index (Phi) is 4.34. The van der Waals surface area contributed by atoms with Gasteiger partial charge in [-0.15, -0.1) is 5.10 Å². The summed E-state index contributed by atoms with van der Waals surface area (Å²) in [5.41, 5.74) is -0.638. The van der Waals surface area contributed by atoms with E-state index in [2.05, 4.69) is 14.6 Å². The molecule has 0 aromatic carbocycles. The molecule has 2 aromatic rings. The van der Waals surface area contributed by atoms with Gasteiger partial charge in [0.05, 0.1) is 16.1 Å². The number of hydrogen-bond acceptors (Lipinski definition) is 5. The molecule has 0 aliphatic rings. The molecule has 8 heteroatoms. The van der Waals surface area contributed by atoms with Crippen LogP contribution in [0.1, 0.15) is 41.1 Å². The topological polar surface area (TPSA) is 58.9 Å². The summed E-state index contributed by atoms with van der Waals surface area (Å²) in [6.45, 7) is 1.92. The maximum atomic E-state index is 12.9. The van der Waals surface area contributed by atoms with Gasteiger partial charge in [-0.05, 0) is 24.0 Å². The number of aliphatic hydroxyl groups excluding tert-OH is 1. The lowest BCUT2D eigenvalue weighted by molar-refractivity contribution is -0.139. The highest BCUT2D eigenvalue weighted by atomic mass is 32.1. The summed E-state index contributed by atoms with van der Waals surface area (Å²) < 4.78 is 42.5. The van der Waals surface area contributed by atoms with Crippen molar-refractivity contribution in [2.75, 3.05) is 0 Å². The highest BCUT2D eigenvalue weighted by molar-refractivity contribution is 7.05. The minimum Gasteiger partial charge on any atom is -0.383 e. The van der Waals surface area contributed by atoms with Crippen molar-refractivity contribution in [3.8, 4) is 0 Å². The second kappa shape index (κ2) is 5.84. The molecule has 1 N–H and O–H groups in total. The molecule has 1 atom stereocenters. The van der Waals surface area contributed by atoms with Crippen LogP contribution in [0.2, 0.25) is 0 Å². The molecule has 0 aliphatic carbocycles. The number of aromatic nitrogens is 3. The highest BCUT2D eigenvalue weighted by Crippen LogP contribution is 2.37. The van der Waals surface area contributed by atoms with Crippen molar-refractivity contribution < 1.29 is 18.3 Å². The third-order valence-electron chi connectivity index (χ3n) is 2.77. The first-order valence-electron chi connectivity index (χ1n) is 5.95. The lowest BCUT2D eigenvalue weighted by Gasteiger charge is -2.16. The van der Waals surface area contributed by atoms with Crippen molar-refractivity contribution in [2.24, 2.45) is 0 Å². The third kappa shape index (κ3) is 2.96. The quantitative estimate of drug-likeness (QED) is 0.943. The van der Waals surface area contributed by atoms with Crippen LogP contribution in [0.15, 0.2) is 18.5 Å². The second-order valence-electron chi connectivity index (χ2n) is 4.20. The predicted molar refractivity (Wildman–Crippen MR) is 67.2 cm³/mol. The molecule has 4 nitrogen and oxygen atoms in total. The summed E-state index contributed by atoms with van der Waals surface area (Å²) in [4.78, 5) is 4.01. The Morgan fingerprint density at radius 1 is 1.40 bits per heavy atom. The molecular formula is C12H12F3N3OS. The molecule has 0 bridgehead atoms. The summed E-state index contributed by atoms with van der Waals surface area (Å²) in [7, 11) is 0. The zero-order chi connectivity index (χ0) is 14.8. The molecular weight excluding hydrogens is 291 g/mol. The minimum absolute atomic E-state index is 0.275. The first-order valence-corrected chi connectivity index (χ1v) is 6.72. The van der Waals surface area contributed by atoms with E-state index in [1.54, 1.807) is 0 Å². The van der Waals surface area contributed by atoms with Crippen LogP contribution in [0.5, 0.6) is 0 Å². The van der Waals surface area contributed by atoms with Gasteiger partial charge in [-0.1, -0.05) is 17.8 Å². The lowest BCUT2D eigenvalue weighted by Crippen LogP contribution is -2.13. The van der Waals surface area contributed by atoms with Crippen molar-refractivity contribution in [3.05, 3.63) is 40.2 Å². The van der Waals surface area contributed by atoms with Crippen LogP contribution in [0.3, 0.4) is 0 Å². The van der Waals surface area contributed by atoms with E-state index in [4.69, 9.17) is 0 Å². The van der Waals surface area contributed by atoms with Gasteiger partial charge in [0.1, 0.15) is 6.10 Å². The first kappa shape index (κ1) is 14.9. The summed E-state index contributed by atoms with van der Waals surface area (Å²) in [5, 5.41) is 14.1. The second-order valence-corrected chi connectivity index (χ2v) is 4.98. The SMILES string of the molecule is CCCc1nnsc1C(O)c1cnccc1C(F)(F)F. The number of alkyl halides is 3. The number of aryl methyl sites for hydroxylation is 1. The number of halogens is 3. The number of rotatable bonds is 4. The molecule has 2 rings (SSSR count). The smallest absolute Gasteiger partial charge is 0.383 e. The zero-order valence-corrected chi connectivity index (χ0v) is 11.4. The predicted octanol–water partition coefficient (Wildman–Crippen LogP) is 2.99. The normalized spacial score (nSPS) is 13.4. The molecule has 0 amide bonds. The number of nitrogens with zero attached hydrogens (tertiary/aromatic N) is 3. The minimum atomic E-state index is -4.54. The molecule has 0 radical (unpaired) electrons. The van der Waals surface area contributed by atoms with E-state index in [9.17, 15) is 18.3 Å². The average Bonchev–Trinajstić information content (AvgIpc) is 2.85. The van der Waals surface area contributed by atoms with Gasteiger partial charge in [0.2, 0.25) is 0 Å². The van der Waals surface area contributed by atoms with Gasteiger partial charge in [0.15, 0.2) is 0 Å². The summed E-state index contributed by atoms with van der Waals surface area (Å²) in [6.07, 6.45) is -2.54. The maximum Gasteiger partial charge on any atom is 0.416 e. The maximum absolute atomic E-state index is 12.9. The first-order chi connectivity index (χ1) is 9.45. The Balaban J connectivity index is 2.43. The third-order valence-corrected chi connectivity index (χ3v) is 3.59. The molecule has 0 aliphatic heterocycles. The van der Waals surface area contributed by atoms with Crippen LogP contribution < -0.4 is 0 Å². The molecule has 1 unspecified atom stereocenters. The van der Waals surface area contributed by atoms with Gasteiger partial charge >= 0.3 is 6.18 Å². The summed E-state index contributed by atoms with van der Waals surface area (Å²) in [5.74, 6) is 0. The Labute approximate surface area is 117 Å². The highest BCUT2D eigenvalue weighted by Gasteiger charge is 2.36. The summed E-state index contributed by atoms with van der Waals surface area (Å²) >= 11 is 0.906. The lowest BCUT2D eigenvalue weighted by atomic mass is 10.0. The molecule has 108 valence electrons. The van der Waals surface area contributed by atoms with E-state index in [0.29, 0.717) is 17.0 Å². The molecule has 0 saturated heterocycles. The molecule has 2 aromatic heterocycles. The Hall–Kier alpha value is -1.54. The molecule has 0 fully saturated rings. The van der Waals surface area contributed by atoms with Gasteiger partial charge in [-0.2, -0.15) is 13.2 Å². The van der Waals surface area contributed by atoms with Gasteiger partial charge in [0.25, 0.3) is 0 Å². The number of hydrogen-bond donors (Lipinski definition) is 1. The van der Waals surface area contributed by atoms with E-state index in [0.717, 1.165) is 36.4 Å². The Morgan fingerprint density at radius 3 is 2.80 bits per heavy atom. The Bertz CT molecular complexity index is 585. The van der Waals surface area contributed by atoms with Crippen LogP contribution in [0, 0.1) is 0 Å². The van der Waals surface area contributed by atoms with Crippen LogP contribution in [-0.2, 0) is 12.6 Å². The zero-order valence-electron chi connectivity index (χ0n) is 10.6. The fourth-order valence-electron chi connectivity index (χ4n) is 1.86. The van der Waals surface area contributed by atoms with E-state index < -0.39 is 17.8 Å². The molecule has 0 spiro atoms. The van der Waals surface area contributed by atoms with Crippen LogP contribution in [-0.4, -0.2) is 19.7 Å². The molecule has 0 saturated carbocycles. The van der Waals surface area contributed by atoms with Crippen LogP contribution >= 0.6 is 11.5 Å². The van der Waals surface area contributed by atoms with Crippen molar-refractivity contribution >= 4 is 11.5 Å².